The Kier molecular flexibility index (Phi) is 4.01. The van der Waals surface area contributed by atoms with E-state index in [0.717, 1.165) is 6.54 Å². The van der Waals surface area contributed by atoms with Gasteiger partial charge in [0, 0.05) is 6.54 Å². The molecule has 0 spiro atoms. The maximum Gasteiger partial charge on any atom is 0.283 e. The Morgan fingerprint density at radius 1 is 1.37 bits per heavy atom. The van der Waals surface area contributed by atoms with Crippen LogP contribution < -0.4 is 0 Å². The Balaban J connectivity index is 2.03. The zero-order valence-corrected chi connectivity index (χ0v) is 11.5. The van der Waals surface area contributed by atoms with Crippen LogP contribution in [0.3, 0.4) is 0 Å². The molecule has 0 bridgehead atoms. The van der Waals surface area contributed by atoms with Gasteiger partial charge in [-0.2, -0.15) is 0 Å². The molecule has 0 saturated heterocycles. The lowest BCUT2D eigenvalue weighted by Crippen LogP contribution is -2.38. The monoisotopic (exact) mass is 265 g/mol. The molecule has 1 N–H and O–H groups in total. The molecule has 0 unspecified atom stereocenters. The highest BCUT2D eigenvalue weighted by Gasteiger charge is 2.19. The second kappa shape index (κ2) is 5.54. The van der Waals surface area contributed by atoms with Crippen molar-refractivity contribution >= 4 is 0 Å². The zero-order chi connectivity index (χ0) is 13.9. The third-order valence-electron chi connectivity index (χ3n) is 2.62. The molecule has 2 heterocycles. The summed E-state index contributed by atoms with van der Waals surface area (Å²) in [6.45, 7) is 7.42. The van der Waals surface area contributed by atoms with Crippen molar-refractivity contribution in [3.05, 3.63) is 24.3 Å². The first-order valence-corrected chi connectivity index (χ1v) is 6.29. The van der Waals surface area contributed by atoms with Crippen molar-refractivity contribution in [2.24, 2.45) is 0 Å². The first-order chi connectivity index (χ1) is 8.98. The summed E-state index contributed by atoms with van der Waals surface area (Å²) < 4.78 is 10.7. The van der Waals surface area contributed by atoms with E-state index in [-0.39, 0.29) is 0 Å². The highest BCUT2D eigenvalue weighted by molar-refractivity contribution is 5.42. The van der Waals surface area contributed by atoms with Gasteiger partial charge in [0.1, 0.15) is 0 Å². The van der Waals surface area contributed by atoms with Crippen LogP contribution in [0.25, 0.3) is 11.7 Å². The Hall–Kier alpha value is -1.66. The second-order valence-electron chi connectivity index (χ2n) is 5.09. The minimum atomic E-state index is -0.750. The summed E-state index contributed by atoms with van der Waals surface area (Å²) >= 11 is 0. The molecule has 0 aliphatic rings. The topological polar surface area (TPSA) is 75.5 Å². The Morgan fingerprint density at radius 2 is 2.16 bits per heavy atom. The smallest absolute Gasteiger partial charge is 0.283 e. The first-order valence-electron chi connectivity index (χ1n) is 6.29. The van der Waals surface area contributed by atoms with Crippen LogP contribution in [0.2, 0.25) is 0 Å². The lowest BCUT2D eigenvalue weighted by Gasteiger charge is -2.26. The SMILES string of the molecule is CCN(Cc1nnc(-c2ccco2)o1)CC(C)(C)O. The van der Waals surface area contributed by atoms with Gasteiger partial charge in [-0.25, -0.2) is 0 Å². The van der Waals surface area contributed by atoms with Crippen LogP contribution in [0.5, 0.6) is 0 Å². The first kappa shape index (κ1) is 13.8. The fraction of sp³-hybridized carbons (Fsp3) is 0.538. The molecule has 0 aliphatic heterocycles. The van der Waals surface area contributed by atoms with Gasteiger partial charge in [-0.05, 0) is 32.5 Å². The van der Waals surface area contributed by atoms with Crippen LogP contribution >= 0.6 is 0 Å². The molecule has 0 aliphatic carbocycles. The number of nitrogens with zero attached hydrogens (tertiary/aromatic N) is 3. The molecular weight excluding hydrogens is 246 g/mol. The predicted octanol–water partition coefficient (Wildman–Crippen LogP) is 1.92. The van der Waals surface area contributed by atoms with Crippen molar-refractivity contribution in [2.45, 2.75) is 32.9 Å². The summed E-state index contributed by atoms with van der Waals surface area (Å²) in [7, 11) is 0. The molecular formula is C13H19N3O3. The summed E-state index contributed by atoms with van der Waals surface area (Å²) in [6.07, 6.45) is 1.56. The number of likely N-dealkylation sites (N-methyl/N-ethyl adjacent to an activating group) is 1. The zero-order valence-electron chi connectivity index (χ0n) is 11.5. The second-order valence-corrected chi connectivity index (χ2v) is 5.09. The fourth-order valence-electron chi connectivity index (χ4n) is 1.84. The van der Waals surface area contributed by atoms with E-state index in [1.807, 2.05) is 11.8 Å². The van der Waals surface area contributed by atoms with Gasteiger partial charge in [0.2, 0.25) is 5.89 Å². The molecule has 0 aromatic carbocycles. The molecule has 6 heteroatoms. The Bertz CT molecular complexity index is 499. The number of hydrogen-bond donors (Lipinski definition) is 1. The highest BCUT2D eigenvalue weighted by atomic mass is 16.4. The average Bonchev–Trinajstić information content (AvgIpc) is 2.95. The number of furan rings is 1. The maximum absolute atomic E-state index is 9.83. The number of rotatable bonds is 6. The average molecular weight is 265 g/mol. The van der Waals surface area contributed by atoms with Crippen LogP contribution in [0.1, 0.15) is 26.7 Å². The summed E-state index contributed by atoms with van der Waals surface area (Å²) in [5, 5.41) is 17.8. The normalized spacial score (nSPS) is 12.3. The molecule has 19 heavy (non-hydrogen) atoms. The fourth-order valence-corrected chi connectivity index (χ4v) is 1.84. The van der Waals surface area contributed by atoms with Crippen LogP contribution in [0.4, 0.5) is 0 Å². The van der Waals surface area contributed by atoms with E-state index in [4.69, 9.17) is 8.83 Å². The van der Waals surface area contributed by atoms with Crippen molar-refractivity contribution < 1.29 is 13.9 Å². The molecule has 2 aromatic rings. The molecule has 6 nitrogen and oxygen atoms in total. The van der Waals surface area contributed by atoms with Crippen molar-refractivity contribution in [2.75, 3.05) is 13.1 Å². The van der Waals surface area contributed by atoms with Crippen LogP contribution in [0, 0.1) is 0 Å². The lowest BCUT2D eigenvalue weighted by molar-refractivity contribution is 0.0328. The van der Waals surface area contributed by atoms with E-state index < -0.39 is 5.60 Å². The van der Waals surface area contributed by atoms with E-state index in [1.54, 1.807) is 32.2 Å². The van der Waals surface area contributed by atoms with Crippen LogP contribution in [0.15, 0.2) is 27.2 Å². The minimum Gasteiger partial charge on any atom is -0.459 e. The van der Waals surface area contributed by atoms with Crippen molar-refractivity contribution in [3.63, 3.8) is 0 Å². The van der Waals surface area contributed by atoms with Crippen molar-refractivity contribution in [3.8, 4) is 11.7 Å². The molecule has 0 fully saturated rings. The summed E-state index contributed by atoms with van der Waals surface area (Å²) in [4.78, 5) is 2.04. The van der Waals surface area contributed by atoms with Gasteiger partial charge in [-0.15, -0.1) is 10.2 Å². The number of aliphatic hydroxyl groups is 1. The summed E-state index contributed by atoms with van der Waals surface area (Å²) in [5.41, 5.74) is -0.750. The molecule has 0 saturated carbocycles. The molecule has 0 amide bonds. The lowest BCUT2D eigenvalue weighted by atomic mass is 10.1. The van der Waals surface area contributed by atoms with Crippen LogP contribution in [-0.4, -0.2) is 38.9 Å². The summed E-state index contributed by atoms with van der Waals surface area (Å²) in [6, 6.07) is 3.54. The van der Waals surface area contributed by atoms with E-state index in [0.29, 0.717) is 30.6 Å². The van der Waals surface area contributed by atoms with E-state index in [2.05, 4.69) is 10.2 Å². The van der Waals surface area contributed by atoms with Gasteiger partial charge >= 0.3 is 0 Å². The highest BCUT2D eigenvalue weighted by Crippen LogP contribution is 2.18. The largest absolute Gasteiger partial charge is 0.459 e. The Morgan fingerprint density at radius 3 is 2.74 bits per heavy atom. The molecule has 0 atom stereocenters. The quantitative estimate of drug-likeness (QED) is 0.860. The predicted molar refractivity (Wildman–Crippen MR) is 69.2 cm³/mol. The molecule has 2 rings (SSSR count). The molecule has 104 valence electrons. The van der Waals surface area contributed by atoms with E-state index in [1.165, 1.54) is 0 Å². The number of aromatic nitrogens is 2. The standard InChI is InChI=1S/C13H19N3O3/c1-4-16(9-13(2,3)17)8-11-14-15-12(19-11)10-6-5-7-18-10/h5-7,17H,4,8-9H2,1-3H3. The van der Waals surface area contributed by atoms with Gasteiger partial charge in [0.15, 0.2) is 5.76 Å². The van der Waals surface area contributed by atoms with Crippen molar-refractivity contribution in [1.29, 1.82) is 0 Å². The maximum atomic E-state index is 9.83. The summed E-state index contributed by atoms with van der Waals surface area (Å²) in [5.74, 6) is 1.45. The third kappa shape index (κ3) is 3.90. The van der Waals surface area contributed by atoms with E-state index >= 15 is 0 Å². The Labute approximate surface area is 112 Å². The van der Waals surface area contributed by atoms with Crippen molar-refractivity contribution in [1.82, 2.24) is 15.1 Å². The van der Waals surface area contributed by atoms with Gasteiger partial charge < -0.3 is 13.9 Å². The number of hydrogen-bond acceptors (Lipinski definition) is 6. The van der Waals surface area contributed by atoms with Gasteiger partial charge in [0.05, 0.1) is 18.4 Å². The third-order valence-corrected chi connectivity index (χ3v) is 2.62. The van der Waals surface area contributed by atoms with Gasteiger partial charge in [-0.3, -0.25) is 4.90 Å². The van der Waals surface area contributed by atoms with E-state index in [9.17, 15) is 5.11 Å². The minimum absolute atomic E-state index is 0.374. The van der Waals surface area contributed by atoms with Gasteiger partial charge in [0.25, 0.3) is 5.89 Å². The van der Waals surface area contributed by atoms with Crippen LogP contribution in [-0.2, 0) is 6.54 Å². The van der Waals surface area contributed by atoms with Gasteiger partial charge in [-0.1, -0.05) is 6.92 Å². The molecule has 2 aromatic heterocycles. The molecule has 0 radical (unpaired) electrons.